The normalized spacial score (nSPS) is 19.2. The van der Waals surface area contributed by atoms with E-state index in [0.29, 0.717) is 0 Å². The predicted octanol–water partition coefficient (Wildman–Crippen LogP) is 16.3. The SMILES string of the molecule is C=C(C#N)CCCCCCCCCCC.O=CC(=C1CCCCCCCCC1)C(C=C1CCCCCCCCC1)=C1CCCCCCCCC1. The smallest absolute Gasteiger partial charge is 0.150 e. The summed E-state index contributed by atoms with van der Waals surface area (Å²) in [4.78, 5) is 12.9. The molecular weight excluding hydrogens is 607 g/mol. The van der Waals surface area contributed by atoms with Crippen LogP contribution in [0.3, 0.4) is 0 Å². The summed E-state index contributed by atoms with van der Waals surface area (Å²) in [6, 6.07) is 2.10. The van der Waals surface area contributed by atoms with Gasteiger partial charge >= 0.3 is 0 Å². The van der Waals surface area contributed by atoms with Crippen LogP contribution in [0.5, 0.6) is 0 Å². The van der Waals surface area contributed by atoms with Crippen LogP contribution in [-0.4, -0.2) is 6.29 Å². The molecule has 3 rings (SSSR count). The first-order valence-corrected chi connectivity index (χ1v) is 22.4. The average Bonchev–Trinajstić information content (AvgIpc) is 3.15. The zero-order chi connectivity index (χ0) is 35.7. The summed E-state index contributed by atoms with van der Waals surface area (Å²) in [6.45, 7) is 5.93. The van der Waals surface area contributed by atoms with Crippen LogP contribution in [0.25, 0.3) is 0 Å². The van der Waals surface area contributed by atoms with Crippen molar-refractivity contribution in [1.29, 1.82) is 5.26 Å². The third-order valence-electron chi connectivity index (χ3n) is 11.7. The van der Waals surface area contributed by atoms with E-state index in [-0.39, 0.29) is 0 Å². The second kappa shape index (κ2) is 31.8. The van der Waals surface area contributed by atoms with Gasteiger partial charge in [-0.15, -0.1) is 0 Å². The molecule has 50 heavy (non-hydrogen) atoms. The largest absolute Gasteiger partial charge is 0.298 e. The monoisotopic (exact) mass is 688 g/mol. The van der Waals surface area contributed by atoms with Crippen molar-refractivity contribution in [3.63, 3.8) is 0 Å². The molecule has 0 amide bonds. The first-order chi connectivity index (χ1) is 24.7. The van der Waals surface area contributed by atoms with Gasteiger partial charge in [-0.05, 0) is 95.5 Å². The summed E-state index contributed by atoms with van der Waals surface area (Å²) < 4.78 is 0. The number of rotatable bonds is 13. The number of allylic oxidation sites excluding steroid dienone is 7. The van der Waals surface area contributed by atoms with Crippen LogP contribution in [0.4, 0.5) is 0 Å². The molecular formula is C48H81NO. The van der Waals surface area contributed by atoms with Crippen LogP contribution < -0.4 is 0 Å². The number of aldehydes is 1. The van der Waals surface area contributed by atoms with Crippen LogP contribution in [0, 0.1) is 11.3 Å². The van der Waals surface area contributed by atoms with Gasteiger partial charge in [0, 0.05) is 11.1 Å². The second-order valence-electron chi connectivity index (χ2n) is 16.2. The Kier molecular flexibility index (Phi) is 28.2. The highest BCUT2D eigenvalue weighted by Gasteiger charge is 2.17. The topological polar surface area (TPSA) is 40.9 Å². The first kappa shape index (κ1) is 44.3. The van der Waals surface area contributed by atoms with Gasteiger partial charge in [0.05, 0.1) is 6.07 Å². The van der Waals surface area contributed by atoms with Gasteiger partial charge in [0.2, 0.25) is 0 Å². The van der Waals surface area contributed by atoms with Gasteiger partial charge in [0.25, 0.3) is 0 Å². The number of hydrogen-bond donors (Lipinski definition) is 0. The van der Waals surface area contributed by atoms with E-state index in [9.17, 15) is 4.79 Å². The lowest BCUT2D eigenvalue weighted by Crippen LogP contribution is -2.05. The molecule has 3 aliphatic carbocycles. The Bertz CT molecular complexity index is 983. The maximum Gasteiger partial charge on any atom is 0.150 e. The maximum atomic E-state index is 12.9. The molecule has 0 aromatic rings. The van der Waals surface area contributed by atoms with Crippen molar-refractivity contribution in [3.05, 3.63) is 46.1 Å². The summed E-state index contributed by atoms with van der Waals surface area (Å²) in [5.41, 5.74) is 8.03. The minimum atomic E-state index is 0.734. The Morgan fingerprint density at radius 3 is 1.24 bits per heavy atom. The quantitative estimate of drug-likeness (QED) is 0.0837. The molecule has 0 N–H and O–H groups in total. The molecule has 0 bridgehead atoms. The third-order valence-corrected chi connectivity index (χ3v) is 11.7. The first-order valence-electron chi connectivity index (χ1n) is 22.4. The van der Waals surface area contributed by atoms with Crippen molar-refractivity contribution < 1.29 is 4.79 Å². The van der Waals surface area contributed by atoms with Gasteiger partial charge in [0.1, 0.15) is 0 Å². The summed E-state index contributed by atoms with van der Waals surface area (Å²) in [7, 11) is 0. The minimum absolute atomic E-state index is 0.734. The summed E-state index contributed by atoms with van der Waals surface area (Å²) >= 11 is 0. The van der Waals surface area contributed by atoms with E-state index in [0.717, 1.165) is 36.8 Å². The van der Waals surface area contributed by atoms with Crippen molar-refractivity contribution in [2.45, 2.75) is 244 Å². The molecule has 0 unspecified atom stereocenters. The Hall–Kier alpha value is -1.88. The standard InChI is InChI=1S/C34H56O.C14H25N/c35-29-34(32-26-20-14-8-3-9-15-21-27-32)33(31-24-18-12-6-2-7-13-19-25-31)28-30-22-16-10-4-1-5-11-17-23-30;1-3-4-5-6-7-8-9-10-11-12-14(2)13-15/h28-29H,1-27H2;2-12H2,1H3. The van der Waals surface area contributed by atoms with Crippen molar-refractivity contribution in [1.82, 2.24) is 0 Å². The molecule has 0 aromatic heterocycles. The van der Waals surface area contributed by atoms with E-state index >= 15 is 0 Å². The summed E-state index contributed by atoms with van der Waals surface area (Å²) in [6.07, 6.45) is 52.6. The summed E-state index contributed by atoms with van der Waals surface area (Å²) in [5.74, 6) is 0. The van der Waals surface area contributed by atoms with E-state index in [2.05, 4.69) is 25.6 Å². The fourth-order valence-electron chi connectivity index (χ4n) is 8.38. The molecule has 0 radical (unpaired) electrons. The number of unbranched alkanes of at least 4 members (excludes halogenated alkanes) is 8. The molecule has 2 heteroatoms. The highest BCUT2D eigenvalue weighted by atomic mass is 16.1. The van der Waals surface area contributed by atoms with Crippen LogP contribution in [0.1, 0.15) is 244 Å². The van der Waals surface area contributed by atoms with E-state index in [1.807, 2.05) is 0 Å². The zero-order valence-electron chi connectivity index (χ0n) is 33.4. The number of hydrogen-bond acceptors (Lipinski definition) is 2. The molecule has 2 nitrogen and oxygen atoms in total. The molecule has 0 heterocycles. The Labute approximate surface area is 312 Å². The molecule has 0 aliphatic heterocycles. The molecule has 3 fully saturated rings. The van der Waals surface area contributed by atoms with E-state index in [4.69, 9.17) is 5.26 Å². The van der Waals surface area contributed by atoms with Crippen molar-refractivity contribution in [2.24, 2.45) is 0 Å². The Morgan fingerprint density at radius 2 is 0.860 bits per heavy atom. The average molecular weight is 688 g/mol. The lowest BCUT2D eigenvalue weighted by Gasteiger charge is -2.21. The van der Waals surface area contributed by atoms with E-state index < -0.39 is 0 Å². The highest BCUT2D eigenvalue weighted by molar-refractivity contribution is 5.84. The number of carbonyl (C=O) groups is 1. The predicted molar refractivity (Wildman–Crippen MR) is 219 cm³/mol. The van der Waals surface area contributed by atoms with Crippen LogP contribution in [-0.2, 0) is 4.79 Å². The fourth-order valence-corrected chi connectivity index (χ4v) is 8.38. The van der Waals surface area contributed by atoms with Gasteiger partial charge in [-0.2, -0.15) is 5.26 Å². The van der Waals surface area contributed by atoms with Crippen LogP contribution >= 0.6 is 0 Å². The Morgan fingerprint density at radius 1 is 0.520 bits per heavy atom. The fraction of sp³-hybridized carbons (Fsp3) is 0.792. The van der Waals surface area contributed by atoms with Gasteiger partial charge in [-0.1, -0.05) is 184 Å². The lowest BCUT2D eigenvalue weighted by atomic mass is 9.84. The molecule has 0 atom stereocenters. The maximum absolute atomic E-state index is 12.9. The van der Waals surface area contributed by atoms with Gasteiger partial charge in [0.15, 0.2) is 6.29 Å². The van der Waals surface area contributed by atoms with E-state index in [1.54, 1.807) is 11.1 Å². The lowest BCUT2D eigenvalue weighted by molar-refractivity contribution is -0.104. The summed E-state index contributed by atoms with van der Waals surface area (Å²) in [5, 5.41) is 8.51. The van der Waals surface area contributed by atoms with Crippen LogP contribution in [0.2, 0.25) is 0 Å². The molecule has 284 valence electrons. The third kappa shape index (κ3) is 22.1. The van der Waals surface area contributed by atoms with Gasteiger partial charge < -0.3 is 0 Å². The van der Waals surface area contributed by atoms with E-state index in [1.165, 1.54) is 229 Å². The number of carbonyl (C=O) groups excluding carboxylic acids is 1. The van der Waals surface area contributed by atoms with Gasteiger partial charge in [-0.25, -0.2) is 0 Å². The molecule has 3 aliphatic rings. The van der Waals surface area contributed by atoms with Crippen molar-refractivity contribution >= 4 is 6.29 Å². The number of nitrogens with zero attached hydrogens (tertiary/aromatic N) is 1. The Balaban J connectivity index is 0.000000487. The zero-order valence-corrected chi connectivity index (χ0v) is 33.4. The highest BCUT2D eigenvalue weighted by Crippen LogP contribution is 2.34. The number of nitriles is 1. The molecule has 3 saturated carbocycles. The minimum Gasteiger partial charge on any atom is -0.298 e. The van der Waals surface area contributed by atoms with Crippen molar-refractivity contribution in [3.8, 4) is 6.07 Å². The molecule has 0 aromatic carbocycles. The second-order valence-corrected chi connectivity index (χ2v) is 16.2. The van der Waals surface area contributed by atoms with Crippen LogP contribution in [0.15, 0.2) is 46.1 Å². The molecule has 0 spiro atoms. The molecule has 0 saturated heterocycles. The van der Waals surface area contributed by atoms with Crippen molar-refractivity contribution in [2.75, 3.05) is 0 Å². The van der Waals surface area contributed by atoms with Gasteiger partial charge in [-0.3, -0.25) is 4.79 Å².